The molecule has 3 rings (SSSR count). The summed E-state index contributed by atoms with van der Waals surface area (Å²) in [7, 11) is 1.77. The predicted octanol–water partition coefficient (Wildman–Crippen LogP) is 5.40. The summed E-state index contributed by atoms with van der Waals surface area (Å²) in [4.78, 5) is 18.9. The fourth-order valence-corrected chi connectivity index (χ4v) is 3.56. The third kappa shape index (κ3) is 4.43. The first-order valence-corrected chi connectivity index (χ1v) is 9.73. The smallest absolute Gasteiger partial charge is 0.276 e. The summed E-state index contributed by atoms with van der Waals surface area (Å²) in [5.41, 5.74) is 3.46. The summed E-state index contributed by atoms with van der Waals surface area (Å²) < 4.78 is 1.17. The van der Waals surface area contributed by atoms with E-state index in [1.165, 1.54) is 9.13 Å². The average Bonchev–Trinajstić information content (AvgIpc) is 2.68. The minimum absolute atomic E-state index is 0.104. The molecule has 0 spiro atoms. The number of benzene rings is 2. The van der Waals surface area contributed by atoms with Gasteiger partial charge in [-0.2, -0.15) is 0 Å². The molecule has 0 aliphatic heterocycles. The van der Waals surface area contributed by atoms with Crippen LogP contribution in [0.4, 0.5) is 5.69 Å². The topological polar surface area (TPSA) is 33.2 Å². The summed E-state index contributed by atoms with van der Waals surface area (Å²) in [6, 6.07) is 19.3. The van der Waals surface area contributed by atoms with E-state index in [0.29, 0.717) is 5.69 Å². The Hall–Kier alpha value is -1.92. The minimum atomic E-state index is -0.104. The summed E-state index contributed by atoms with van der Waals surface area (Å²) in [6.45, 7) is 0. The van der Waals surface area contributed by atoms with E-state index in [-0.39, 0.29) is 5.91 Å². The van der Waals surface area contributed by atoms with Crippen LogP contribution in [-0.4, -0.2) is 17.9 Å². The van der Waals surface area contributed by atoms with Gasteiger partial charge in [-0.15, -0.1) is 0 Å². The SMILES string of the molecule is CN(C(=O)c1ncccc1CCc1cc(Cl)ccc1I)c1ccccc1. The van der Waals surface area contributed by atoms with Crippen LogP contribution in [0.25, 0.3) is 0 Å². The van der Waals surface area contributed by atoms with Gasteiger partial charge in [-0.05, 0) is 83.0 Å². The molecule has 132 valence electrons. The third-order valence-corrected chi connectivity index (χ3v) is 5.50. The molecule has 1 heterocycles. The second-order valence-corrected chi connectivity index (χ2v) is 7.55. The second-order valence-electron chi connectivity index (χ2n) is 5.95. The average molecular weight is 477 g/mol. The first-order valence-electron chi connectivity index (χ1n) is 8.27. The number of hydrogen-bond donors (Lipinski definition) is 0. The molecule has 5 heteroatoms. The molecule has 0 atom stereocenters. The Kier molecular flexibility index (Phi) is 6.27. The lowest BCUT2D eigenvalue weighted by molar-refractivity contribution is 0.0987. The Balaban J connectivity index is 1.82. The molecule has 0 aliphatic carbocycles. The molecule has 0 saturated carbocycles. The number of pyridine rings is 1. The normalized spacial score (nSPS) is 10.6. The number of amides is 1. The highest BCUT2D eigenvalue weighted by atomic mass is 127. The highest BCUT2D eigenvalue weighted by molar-refractivity contribution is 14.1. The molecule has 0 saturated heterocycles. The zero-order valence-corrected chi connectivity index (χ0v) is 17.2. The lowest BCUT2D eigenvalue weighted by atomic mass is 10.0. The van der Waals surface area contributed by atoms with E-state index in [0.717, 1.165) is 29.1 Å². The van der Waals surface area contributed by atoms with Gasteiger partial charge in [-0.25, -0.2) is 0 Å². The molecule has 0 aliphatic rings. The van der Waals surface area contributed by atoms with Crippen molar-refractivity contribution in [2.75, 3.05) is 11.9 Å². The molecule has 0 fully saturated rings. The van der Waals surface area contributed by atoms with E-state index >= 15 is 0 Å². The molecule has 0 unspecified atom stereocenters. The minimum Gasteiger partial charge on any atom is -0.310 e. The van der Waals surface area contributed by atoms with Crippen LogP contribution in [0.2, 0.25) is 5.02 Å². The molecule has 0 bridgehead atoms. The van der Waals surface area contributed by atoms with Gasteiger partial charge >= 0.3 is 0 Å². The van der Waals surface area contributed by atoms with E-state index in [2.05, 4.69) is 27.6 Å². The number of halogens is 2. The molecule has 1 amide bonds. The third-order valence-electron chi connectivity index (χ3n) is 4.21. The molecule has 2 aromatic carbocycles. The molecule has 3 nitrogen and oxygen atoms in total. The number of anilines is 1. The molecule has 0 radical (unpaired) electrons. The van der Waals surface area contributed by atoms with Gasteiger partial charge in [0.2, 0.25) is 0 Å². The van der Waals surface area contributed by atoms with Crippen LogP contribution in [0.1, 0.15) is 21.6 Å². The maximum Gasteiger partial charge on any atom is 0.276 e. The summed E-state index contributed by atoms with van der Waals surface area (Å²) in [5, 5.41) is 0.728. The zero-order chi connectivity index (χ0) is 18.5. The number of nitrogens with zero attached hydrogens (tertiary/aromatic N) is 2. The van der Waals surface area contributed by atoms with Crippen molar-refractivity contribution in [1.29, 1.82) is 0 Å². The van der Waals surface area contributed by atoms with Gasteiger partial charge in [0.25, 0.3) is 5.91 Å². The number of aromatic nitrogens is 1. The summed E-state index contributed by atoms with van der Waals surface area (Å²) in [5.74, 6) is -0.104. The van der Waals surface area contributed by atoms with Gasteiger partial charge in [0.1, 0.15) is 5.69 Å². The van der Waals surface area contributed by atoms with Crippen molar-refractivity contribution < 1.29 is 4.79 Å². The first kappa shape index (κ1) is 18.9. The van der Waals surface area contributed by atoms with E-state index in [9.17, 15) is 4.79 Å². The number of aryl methyl sites for hydroxylation is 2. The Bertz CT molecular complexity index is 915. The van der Waals surface area contributed by atoms with Crippen molar-refractivity contribution in [2.24, 2.45) is 0 Å². The van der Waals surface area contributed by atoms with Crippen LogP contribution in [0, 0.1) is 3.57 Å². The van der Waals surface area contributed by atoms with Gasteiger partial charge in [0, 0.05) is 27.5 Å². The van der Waals surface area contributed by atoms with Crippen molar-refractivity contribution in [2.45, 2.75) is 12.8 Å². The number of para-hydroxylation sites is 1. The molecule has 3 aromatic rings. The van der Waals surface area contributed by atoms with Crippen molar-refractivity contribution in [3.63, 3.8) is 0 Å². The Morgan fingerprint density at radius 3 is 2.54 bits per heavy atom. The van der Waals surface area contributed by atoms with Crippen molar-refractivity contribution in [3.8, 4) is 0 Å². The summed E-state index contributed by atoms with van der Waals surface area (Å²) >= 11 is 8.42. The van der Waals surface area contributed by atoms with Crippen LogP contribution < -0.4 is 4.90 Å². The van der Waals surface area contributed by atoms with Gasteiger partial charge < -0.3 is 4.90 Å². The highest BCUT2D eigenvalue weighted by Crippen LogP contribution is 2.21. The fourth-order valence-electron chi connectivity index (χ4n) is 2.76. The highest BCUT2D eigenvalue weighted by Gasteiger charge is 2.18. The van der Waals surface area contributed by atoms with Gasteiger partial charge in [0.15, 0.2) is 0 Å². The molecular formula is C21H18ClIN2O. The van der Waals surface area contributed by atoms with Crippen LogP contribution in [0.5, 0.6) is 0 Å². The lowest BCUT2D eigenvalue weighted by Gasteiger charge is -2.18. The number of rotatable bonds is 5. The maximum atomic E-state index is 12.9. The number of carbonyl (C=O) groups is 1. The molecule has 26 heavy (non-hydrogen) atoms. The van der Waals surface area contributed by atoms with Gasteiger partial charge in [0.05, 0.1) is 0 Å². The molecular weight excluding hydrogens is 459 g/mol. The van der Waals surface area contributed by atoms with Crippen molar-refractivity contribution in [1.82, 2.24) is 4.98 Å². The standard InChI is InChI=1S/C21H18ClIN2O/c1-25(18-7-3-2-4-8-18)21(26)20-15(6-5-13-24-20)9-10-16-14-17(22)11-12-19(16)23/h2-8,11-14H,9-10H2,1H3. The quantitative estimate of drug-likeness (QED) is 0.462. The lowest BCUT2D eigenvalue weighted by Crippen LogP contribution is -2.28. The van der Waals surface area contributed by atoms with E-state index in [4.69, 9.17) is 11.6 Å². The predicted molar refractivity (Wildman–Crippen MR) is 115 cm³/mol. The fraction of sp³-hybridized carbons (Fsp3) is 0.143. The van der Waals surface area contributed by atoms with Crippen molar-refractivity contribution in [3.05, 3.63) is 92.3 Å². The van der Waals surface area contributed by atoms with E-state index in [1.54, 1.807) is 18.1 Å². The first-order chi connectivity index (χ1) is 12.6. The molecule has 0 N–H and O–H groups in total. The van der Waals surface area contributed by atoms with Crippen LogP contribution >= 0.6 is 34.2 Å². The Morgan fingerprint density at radius 2 is 1.77 bits per heavy atom. The second kappa shape index (κ2) is 8.64. The van der Waals surface area contributed by atoms with Gasteiger partial charge in [-0.3, -0.25) is 9.78 Å². The monoisotopic (exact) mass is 476 g/mol. The van der Waals surface area contributed by atoms with E-state index < -0.39 is 0 Å². The maximum absolute atomic E-state index is 12.9. The van der Waals surface area contributed by atoms with Crippen LogP contribution in [-0.2, 0) is 12.8 Å². The van der Waals surface area contributed by atoms with E-state index in [1.807, 2.05) is 60.7 Å². The largest absolute Gasteiger partial charge is 0.310 e. The number of carbonyl (C=O) groups excluding carboxylic acids is 1. The number of hydrogen-bond acceptors (Lipinski definition) is 2. The Morgan fingerprint density at radius 1 is 1.04 bits per heavy atom. The zero-order valence-electron chi connectivity index (χ0n) is 14.3. The van der Waals surface area contributed by atoms with Gasteiger partial charge in [-0.1, -0.05) is 35.9 Å². The van der Waals surface area contributed by atoms with Crippen LogP contribution in [0.3, 0.4) is 0 Å². The Labute approximate surface area is 172 Å². The van der Waals surface area contributed by atoms with Crippen molar-refractivity contribution >= 4 is 45.8 Å². The molecule has 1 aromatic heterocycles. The van der Waals surface area contributed by atoms with Crippen LogP contribution in [0.15, 0.2) is 66.9 Å². The summed E-state index contributed by atoms with van der Waals surface area (Å²) in [6.07, 6.45) is 3.20.